The Labute approximate surface area is 112 Å². The molecule has 2 unspecified atom stereocenters. The van der Waals surface area contributed by atoms with Crippen LogP contribution in [-0.2, 0) is 4.79 Å². The molecule has 0 fully saturated rings. The second-order valence-corrected chi connectivity index (χ2v) is 4.65. The monoisotopic (exact) mass is 267 g/mol. The van der Waals surface area contributed by atoms with E-state index in [4.69, 9.17) is 4.74 Å². The minimum absolute atomic E-state index is 0.0592. The van der Waals surface area contributed by atoms with Gasteiger partial charge in [-0.1, -0.05) is 31.9 Å². The number of ether oxygens (including phenoxy) is 1. The molecule has 3 nitrogen and oxygen atoms in total. The number of benzene rings is 1. The zero-order valence-corrected chi connectivity index (χ0v) is 12.3. The van der Waals surface area contributed by atoms with E-state index in [1.165, 1.54) is 0 Å². The number of hydrogen-bond donors (Lipinski definition) is 1. The summed E-state index contributed by atoms with van der Waals surface area (Å²) in [7, 11) is 4.11. The van der Waals surface area contributed by atoms with Gasteiger partial charge < -0.3 is 10.1 Å². The molecule has 0 bridgehead atoms. The zero-order valence-electron chi connectivity index (χ0n) is 11.1. The Morgan fingerprint density at radius 1 is 1.50 bits per heavy atom. The number of hydrogen-bond acceptors (Lipinski definition) is 2. The predicted octanol–water partition coefficient (Wildman–Crippen LogP) is 2.92. The van der Waals surface area contributed by atoms with Gasteiger partial charge in [0.2, 0.25) is 5.91 Å². The zero-order chi connectivity index (χ0) is 13.4. The number of rotatable bonds is 7. The first kappa shape index (κ1) is 15.0. The summed E-state index contributed by atoms with van der Waals surface area (Å²) in [6.07, 6.45) is 3.61. The van der Waals surface area contributed by atoms with Crippen LogP contribution in [0.5, 0.6) is 5.75 Å². The van der Waals surface area contributed by atoms with Gasteiger partial charge in [-0.3, -0.25) is 4.79 Å². The van der Waals surface area contributed by atoms with E-state index in [9.17, 15) is 4.79 Å². The van der Waals surface area contributed by atoms with Gasteiger partial charge in [0.1, 0.15) is 5.75 Å². The molecule has 1 aromatic rings. The molecular formula is C14H22NO2P. The molecule has 0 saturated carbocycles. The van der Waals surface area contributed by atoms with Gasteiger partial charge in [-0.05, 0) is 24.1 Å². The Morgan fingerprint density at radius 2 is 2.28 bits per heavy atom. The lowest BCUT2D eigenvalue weighted by Crippen LogP contribution is -2.29. The maximum Gasteiger partial charge on any atom is 0.224 e. The van der Waals surface area contributed by atoms with Crippen LogP contribution in [0, 0.1) is 0 Å². The van der Waals surface area contributed by atoms with E-state index in [0.717, 1.165) is 30.6 Å². The highest BCUT2D eigenvalue weighted by Crippen LogP contribution is 2.23. The molecule has 0 saturated heterocycles. The SMILES string of the molecule is CCCCC(NC(=O)CP)c1cccc(OC)c1. The van der Waals surface area contributed by atoms with Gasteiger partial charge in [-0.25, -0.2) is 0 Å². The molecule has 0 aliphatic heterocycles. The van der Waals surface area contributed by atoms with Crippen molar-refractivity contribution in [3.8, 4) is 5.75 Å². The molecule has 1 N–H and O–H groups in total. The first-order valence-corrected chi connectivity index (χ1v) is 7.16. The van der Waals surface area contributed by atoms with Crippen molar-refractivity contribution in [2.24, 2.45) is 0 Å². The molecule has 0 aliphatic carbocycles. The van der Waals surface area contributed by atoms with Crippen molar-refractivity contribution in [3.63, 3.8) is 0 Å². The quantitative estimate of drug-likeness (QED) is 0.771. The Balaban J connectivity index is 2.82. The maximum atomic E-state index is 11.5. The van der Waals surface area contributed by atoms with Crippen molar-refractivity contribution in [2.75, 3.05) is 13.3 Å². The Morgan fingerprint density at radius 3 is 2.89 bits per heavy atom. The normalized spacial score (nSPS) is 11.9. The third-order valence-electron chi connectivity index (χ3n) is 2.86. The van der Waals surface area contributed by atoms with Gasteiger partial charge in [0.15, 0.2) is 0 Å². The fraction of sp³-hybridized carbons (Fsp3) is 0.500. The minimum Gasteiger partial charge on any atom is -0.497 e. The van der Waals surface area contributed by atoms with E-state index in [-0.39, 0.29) is 11.9 Å². The molecule has 0 aromatic heterocycles. The van der Waals surface area contributed by atoms with Gasteiger partial charge in [-0.2, -0.15) is 0 Å². The van der Waals surface area contributed by atoms with E-state index in [1.807, 2.05) is 24.3 Å². The number of nitrogens with one attached hydrogen (secondary N) is 1. The van der Waals surface area contributed by atoms with Crippen LogP contribution in [-0.4, -0.2) is 19.2 Å². The van der Waals surface area contributed by atoms with Crippen LogP contribution in [0.2, 0.25) is 0 Å². The van der Waals surface area contributed by atoms with Crippen molar-refractivity contribution in [1.82, 2.24) is 5.32 Å². The van der Waals surface area contributed by atoms with Crippen LogP contribution >= 0.6 is 9.24 Å². The van der Waals surface area contributed by atoms with Crippen LogP contribution in [0.15, 0.2) is 24.3 Å². The summed E-state index contributed by atoms with van der Waals surface area (Å²) in [4.78, 5) is 11.5. The highest BCUT2D eigenvalue weighted by molar-refractivity contribution is 7.18. The summed E-state index contributed by atoms with van der Waals surface area (Å²) in [6.45, 7) is 2.15. The van der Waals surface area contributed by atoms with Crippen molar-refractivity contribution in [2.45, 2.75) is 32.2 Å². The van der Waals surface area contributed by atoms with Crippen LogP contribution in [0.4, 0.5) is 0 Å². The third kappa shape index (κ3) is 4.66. The summed E-state index contributed by atoms with van der Waals surface area (Å²) in [6, 6.07) is 7.97. The summed E-state index contributed by atoms with van der Waals surface area (Å²) >= 11 is 0. The Hall–Kier alpha value is -1.08. The average molecular weight is 267 g/mol. The molecule has 2 atom stereocenters. The van der Waals surface area contributed by atoms with Crippen molar-refractivity contribution in [1.29, 1.82) is 0 Å². The van der Waals surface area contributed by atoms with E-state index < -0.39 is 0 Å². The molecule has 0 heterocycles. The lowest BCUT2D eigenvalue weighted by atomic mass is 10.0. The smallest absolute Gasteiger partial charge is 0.224 e. The van der Waals surface area contributed by atoms with Crippen LogP contribution in [0.25, 0.3) is 0 Å². The molecule has 0 spiro atoms. The number of unbranched alkanes of at least 4 members (excludes halogenated alkanes) is 1. The van der Waals surface area contributed by atoms with E-state index in [1.54, 1.807) is 7.11 Å². The second-order valence-electron chi connectivity index (χ2n) is 4.24. The van der Waals surface area contributed by atoms with Gasteiger partial charge in [0, 0.05) is 6.16 Å². The molecule has 1 rings (SSSR count). The number of carbonyl (C=O) groups excluding carboxylic acids is 1. The Bertz CT molecular complexity index is 382. The fourth-order valence-corrected chi connectivity index (χ4v) is 1.96. The summed E-state index contributed by atoms with van der Waals surface area (Å²) in [5, 5.41) is 3.05. The topological polar surface area (TPSA) is 38.3 Å². The van der Waals surface area contributed by atoms with Crippen LogP contribution in [0.1, 0.15) is 37.8 Å². The van der Waals surface area contributed by atoms with Gasteiger partial charge >= 0.3 is 0 Å². The van der Waals surface area contributed by atoms with Crippen LogP contribution in [0.3, 0.4) is 0 Å². The molecule has 1 amide bonds. The fourth-order valence-electron chi connectivity index (χ4n) is 1.84. The van der Waals surface area contributed by atoms with Crippen LogP contribution < -0.4 is 10.1 Å². The third-order valence-corrected chi connectivity index (χ3v) is 3.23. The molecule has 4 heteroatoms. The van der Waals surface area contributed by atoms with E-state index >= 15 is 0 Å². The maximum absolute atomic E-state index is 11.5. The minimum atomic E-state index is 0.0592. The Kier molecular flexibility index (Phi) is 6.74. The second kappa shape index (κ2) is 8.10. The predicted molar refractivity (Wildman–Crippen MR) is 78.0 cm³/mol. The summed E-state index contributed by atoms with van der Waals surface area (Å²) in [5.74, 6) is 0.887. The number of methoxy groups -OCH3 is 1. The largest absolute Gasteiger partial charge is 0.497 e. The van der Waals surface area contributed by atoms with E-state index in [2.05, 4.69) is 21.5 Å². The summed E-state index contributed by atoms with van der Waals surface area (Å²) in [5.41, 5.74) is 1.11. The number of carbonyl (C=O) groups is 1. The van der Waals surface area contributed by atoms with Gasteiger partial charge in [0.25, 0.3) is 0 Å². The standard InChI is InChI=1S/C14H22NO2P/c1-3-4-8-13(15-14(16)10-18)11-6-5-7-12(9-11)17-2/h5-7,9,13H,3-4,8,10,18H2,1-2H3,(H,15,16). The summed E-state index contributed by atoms with van der Waals surface area (Å²) < 4.78 is 5.22. The highest BCUT2D eigenvalue weighted by atomic mass is 31.0. The number of amides is 1. The molecule has 0 radical (unpaired) electrons. The molecular weight excluding hydrogens is 245 g/mol. The van der Waals surface area contributed by atoms with Crippen molar-refractivity contribution >= 4 is 15.1 Å². The molecule has 18 heavy (non-hydrogen) atoms. The molecule has 0 aliphatic rings. The van der Waals surface area contributed by atoms with E-state index in [0.29, 0.717) is 6.16 Å². The van der Waals surface area contributed by atoms with Gasteiger partial charge in [-0.15, -0.1) is 9.24 Å². The first-order valence-electron chi connectivity index (χ1n) is 6.34. The molecule has 100 valence electrons. The lowest BCUT2D eigenvalue weighted by molar-refractivity contribution is -0.119. The molecule has 1 aromatic carbocycles. The van der Waals surface area contributed by atoms with Gasteiger partial charge in [0.05, 0.1) is 13.2 Å². The highest BCUT2D eigenvalue weighted by Gasteiger charge is 2.13. The van der Waals surface area contributed by atoms with Crippen molar-refractivity contribution in [3.05, 3.63) is 29.8 Å². The van der Waals surface area contributed by atoms with Crippen molar-refractivity contribution < 1.29 is 9.53 Å². The average Bonchev–Trinajstić information content (AvgIpc) is 2.43. The first-order chi connectivity index (χ1) is 8.71. The lowest BCUT2D eigenvalue weighted by Gasteiger charge is -2.19.